The van der Waals surface area contributed by atoms with Gasteiger partial charge in [0.15, 0.2) is 7.05 Å². The molecule has 0 aliphatic carbocycles. The number of tetrazole rings is 1. The van der Waals surface area contributed by atoms with Gasteiger partial charge in [0, 0.05) is 18.3 Å². The summed E-state index contributed by atoms with van der Waals surface area (Å²) in [5.41, 5.74) is 1.19. The van der Waals surface area contributed by atoms with E-state index in [4.69, 9.17) is 0 Å². The molecule has 8 nitrogen and oxygen atoms in total. The second-order valence-corrected chi connectivity index (χ2v) is 4.25. The van der Waals surface area contributed by atoms with Crippen LogP contribution in [0.1, 0.15) is 5.56 Å². The molecule has 0 aliphatic heterocycles. The van der Waals surface area contributed by atoms with Crippen LogP contribution in [0.2, 0.25) is 0 Å². The zero-order chi connectivity index (χ0) is 14.1. The Bertz CT molecular complexity index is 808. The van der Waals surface area contributed by atoms with E-state index >= 15 is 0 Å². The number of hydrogen-bond donors (Lipinski definition) is 0. The maximum absolute atomic E-state index is 12.3. The third kappa shape index (κ3) is 2.07. The maximum atomic E-state index is 12.3. The molecular formula is C12H11N7O. The van der Waals surface area contributed by atoms with Crippen LogP contribution < -0.4 is 9.79 Å². The van der Waals surface area contributed by atoms with Gasteiger partial charge < -0.3 is 5.11 Å². The normalized spacial score (nSPS) is 12.0. The van der Waals surface area contributed by atoms with E-state index in [1.807, 2.05) is 24.3 Å². The summed E-state index contributed by atoms with van der Waals surface area (Å²) in [6, 6.07) is 7.40. The van der Waals surface area contributed by atoms with Crippen molar-refractivity contribution in [1.82, 2.24) is 25.3 Å². The number of aliphatic imine (C=N–C) groups is 1. The van der Waals surface area contributed by atoms with Crippen molar-refractivity contribution in [2.24, 2.45) is 19.1 Å². The molecule has 100 valence electrons. The summed E-state index contributed by atoms with van der Waals surface area (Å²) in [7, 11) is 3.38. The minimum atomic E-state index is -0.405. The van der Waals surface area contributed by atoms with Gasteiger partial charge in [-0.15, -0.1) is 0 Å². The summed E-state index contributed by atoms with van der Waals surface area (Å²) >= 11 is 0. The van der Waals surface area contributed by atoms with Crippen molar-refractivity contribution in [3.8, 4) is 0 Å². The first-order valence-corrected chi connectivity index (χ1v) is 5.89. The van der Waals surface area contributed by atoms with Gasteiger partial charge in [-0.05, 0) is 21.6 Å². The Morgan fingerprint density at radius 3 is 2.90 bits per heavy atom. The highest BCUT2D eigenvalue weighted by Gasteiger charge is 2.10. The van der Waals surface area contributed by atoms with E-state index in [9.17, 15) is 5.11 Å². The Morgan fingerprint density at radius 1 is 1.35 bits per heavy atom. The molecule has 2 aromatic heterocycles. The van der Waals surface area contributed by atoms with Gasteiger partial charge in [0.05, 0.1) is 5.56 Å². The third-order valence-electron chi connectivity index (χ3n) is 2.81. The summed E-state index contributed by atoms with van der Waals surface area (Å²) in [4.78, 5) is 3.93. The van der Waals surface area contributed by atoms with Gasteiger partial charge in [0.25, 0.3) is 5.95 Å². The predicted octanol–water partition coefficient (Wildman–Crippen LogP) is -0.979. The molecule has 20 heavy (non-hydrogen) atoms. The molecule has 0 aliphatic rings. The van der Waals surface area contributed by atoms with Crippen LogP contribution in [-0.4, -0.2) is 31.2 Å². The topological polar surface area (TPSA) is 95.8 Å². The number of benzene rings is 1. The minimum absolute atomic E-state index is 0.165. The second-order valence-electron chi connectivity index (χ2n) is 4.25. The van der Waals surface area contributed by atoms with Crippen LogP contribution in [0.15, 0.2) is 35.5 Å². The van der Waals surface area contributed by atoms with E-state index in [0.29, 0.717) is 5.56 Å². The smallest absolute Gasteiger partial charge is 0.268 e. The van der Waals surface area contributed by atoms with Crippen molar-refractivity contribution in [3.63, 3.8) is 0 Å². The molecule has 8 heteroatoms. The lowest BCUT2D eigenvalue weighted by molar-refractivity contribution is -0.728. The first kappa shape index (κ1) is 12.2. The molecule has 0 radical (unpaired) electrons. The molecule has 0 saturated carbocycles. The van der Waals surface area contributed by atoms with Crippen molar-refractivity contribution in [2.75, 3.05) is 0 Å². The lowest BCUT2D eigenvalue weighted by Gasteiger charge is -2.10. The molecule has 0 atom stereocenters. The number of rotatable bonds is 2. The standard InChI is InChI=1S/C12H11N7O/c1-18-7-9(8-5-3-4-6-10(8)15-18)11(20)13-12-14-16-17-19(12)2/h3-7H,1-2H3. The van der Waals surface area contributed by atoms with E-state index < -0.39 is 5.90 Å². The van der Waals surface area contributed by atoms with Crippen molar-refractivity contribution < 1.29 is 9.79 Å². The molecule has 0 fully saturated rings. The minimum Gasteiger partial charge on any atom is -0.858 e. The highest BCUT2D eigenvalue weighted by Crippen LogP contribution is 2.15. The van der Waals surface area contributed by atoms with Crippen LogP contribution in [-0.2, 0) is 14.1 Å². The second kappa shape index (κ2) is 4.65. The number of hydrogen-bond acceptors (Lipinski definition) is 6. The van der Waals surface area contributed by atoms with Gasteiger partial charge >= 0.3 is 0 Å². The quantitative estimate of drug-likeness (QED) is 0.338. The Labute approximate surface area is 114 Å². The van der Waals surface area contributed by atoms with Crippen LogP contribution in [0, 0.1) is 0 Å². The molecular weight excluding hydrogens is 258 g/mol. The van der Waals surface area contributed by atoms with Gasteiger partial charge in [-0.1, -0.05) is 28.0 Å². The van der Waals surface area contributed by atoms with Crippen molar-refractivity contribution >= 4 is 22.7 Å². The van der Waals surface area contributed by atoms with Gasteiger partial charge in [0.2, 0.25) is 6.20 Å². The lowest BCUT2D eigenvalue weighted by Crippen LogP contribution is -2.35. The summed E-state index contributed by atoms with van der Waals surface area (Å²) in [6.45, 7) is 0. The van der Waals surface area contributed by atoms with Crippen molar-refractivity contribution in [3.05, 3.63) is 36.0 Å². The first-order valence-electron chi connectivity index (χ1n) is 5.89. The fourth-order valence-electron chi connectivity index (χ4n) is 1.88. The molecule has 0 bridgehead atoms. The van der Waals surface area contributed by atoms with Crippen LogP contribution in [0.4, 0.5) is 5.95 Å². The highest BCUT2D eigenvalue weighted by molar-refractivity contribution is 6.03. The summed E-state index contributed by atoms with van der Waals surface area (Å²) in [5, 5.41) is 28.1. The molecule has 0 N–H and O–H groups in total. The molecule has 0 spiro atoms. The first-order chi connectivity index (χ1) is 9.65. The van der Waals surface area contributed by atoms with Crippen LogP contribution >= 0.6 is 0 Å². The van der Waals surface area contributed by atoms with Gasteiger partial charge in [0.1, 0.15) is 5.52 Å². The Kier molecular flexibility index (Phi) is 2.82. The largest absolute Gasteiger partial charge is 0.858 e. The van der Waals surface area contributed by atoms with Crippen LogP contribution in [0.25, 0.3) is 10.9 Å². The SMILES string of the molecule is Cn1nnnc1/N=C(\[O-])c1c[n+](C)nc2ccccc12. The van der Waals surface area contributed by atoms with Crippen LogP contribution in [0.5, 0.6) is 0 Å². The molecule has 3 rings (SSSR count). The lowest BCUT2D eigenvalue weighted by atomic mass is 10.1. The molecule has 0 saturated heterocycles. The van der Waals surface area contributed by atoms with Crippen molar-refractivity contribution in [1.29, 1.82) is 0 Å². The van der Waals surface area contributed by atoms with E-state index in [2.05, 4.69) is 25.6 Å². The van der Waals surface area contributed by atoms with Crippen LogP contribution in [0.3, 0.4) is 0 Å². The molecule has 2 heterocycles. The number of aromatic nitrogens is 6. The zero-order valence-electron chi connectivity index (χ0n) is 10.9. The summed E-state index contributed by atoms with van der Waals surface area (Å²) in [6.07, 6.45) is 1.64. The number of fused-ring (bicyclic) bond motifs is 1. The molecule has 3 aromatic rings. The Morgan fingerprint density at radius 2 is 2.15 bits per heavy atom. The third-order valence-corrected chi connectivity index (χ3v) is 2.81. The Balaban J connectivity index is 2.19. The molecule has 1 aromatic carbocycles. The number of aryl methyl sites for hydroxylation is 2. The molecule has 0 unspecified atom stereocenters. The highest BCUT2D eigenvalue weighted by atomic mass is 16.3. The predicted molar refractivity (Wildman–Crippen MR) is 67.9 cm³/mol. The summed E-state index contributed by atoms with van der Waals surface area (Å²) in [5.74, 6) is -0.240. The monoisotopic (exact) mass is 269 g/mol. The van der Waals surface area contributed by atoms with Crippen molar-refractivity contribution in [2.45, 2.75) is 0 Å². The maximum Gasteiger partial charge on any atom is 0.268 e. The van der Waals surface area contributed by atoms with E-state index in [0.717, 1.165) is 10.9 Å². The molecule has 0 amide bonds. The van der Waals surface area contributed by atoms with E-state index in [1.54, 1.807) is 25.0 Å². The van der Waals surface area contributed by atoms with Gasteiger partial charge in [-0.2, -0.15) is 0 Å². The Hall–Kier alpha value is -2.90. The van der Waals surface area contributed by atoms with E-state index in [-0.39, 0.29) is 5.95 Å². The summed E-state index contributed by atoms with van der Waals surface area (Å²) < 4.78 is 2.92. The fraction of sp³-hybridized carbons (Fsp3) is 0.167. The van der Waals surface area contributed by atoms with Gasteiger partial charge in [-0.3, -0.25) is 0 Å². The fourth-order valence-corrected chi connectivity index (χ4v) is 1.88. The average molecular weight is 269 g/mol. The zero-order valence-corrected chi connectivity index (χ0v) is 10.9. The van der Waals surface area contributed by atoms with E-state index in [1.165, 1.54) is 4.68 Å². The average Bonchev–Trinajstić information content (AvgIpc) is 2.83. The number of nitrogens with zero attached hydrogens (tertiary/aromatic N) is 7. The van der Waals surface area contributed by atoms with Gasteiger partial charge in [-0.25, -0.2) is 9.67 Å².